The molecule has 0 spiro atoms. The Morgan fingerprint density at radius 1 is 1.46 bits per heavy atom. The second kappa shape index (κ2) is 8.20. The molecule has 3 heterocycles. The molecule has 0 saturated carbocycles. The molecule has 0 bridgehead atoms. The van der Waals surface area contributed by atoms with Crippen molar-refractivity contribution < 1.29 is 33.8 Å². The van der Waals surface area contributed by atoms with Crippen LogP contribution in [0.15, 0.2) is 29.0 Å². The fourth-order valence-electron chi connectivity index (χ4n) is 2.73. The average Bonchev–Trinajstić information content (AvgIpc) is 3.18. The number of ether oxygens (including phenoxy) is 2. The van der Waals surface area contributed by atoms with E-state index in [0.29, 0.717) is 4.88 Å². The average molecular weight is 427 g/mol. The largest absolute Gasteiger partial charge is 0.476 e. The molecule has 150 valence electrons. The van der Waals surface area contributed by atoms with E-state index < -0.39 is 48.0 Å². The lowest BCUT2D eigenvalue weighted by molar-refractivity contribution is -0.154. The Labute approximate surface area is 167 Å². The van der Waals surface area contributed by atoms with Crippen LogP contribution in [-0.2, 0) is 28.7 Å². The zero-order valence-electron chi connectivity index (χ0n) is 14.6. The quantitative estimate of drug-likeness (QED) is 0.310. The number of nitrogens with two attached hydrogens (primary N) is 1. The van der Waals surface area contributed by atoms with Crippen molar-refractivity contribution in [2.45, 2.75) is 24.4 Å². The Balaban J connectivity index is 1.69. The number of carboxylic acid groups (broad SMARTS) is 1. The van der Waals surface area contributed by atoms with Gasteiger partial charge in [0.1, 0.15) is 23.2 Å². The number of carbonyl (C=O) groups excluding carboxylic acids is 3. The maximum atomic E-state index is 12.5. The molecule has 1 saturated heterocycles. The summed E-state index contributed by atoms with van der Waals surface area (Å²) in [6.07, 6.45) is 0. The first kappa shape index (κ1) is 20.2. The van der Waals surface area contributed by atoms with Crippen LogP contribution in [0.5, 0.6) is 0 Å². The monoisotopic (exact) mass is 427 g/mol. The molecular formula is C16H17N3O7S2. The summed E-state index contributed by atoms with van der Waals surface area (Å²) in [5.41, 5.74) is 5.58. The summed E-state index contributed by atoms with van der Waals surface area (Å²) < 4.78 is 9.85. The molecule has 0 aromatic carbocycles. The molecule has 0 aliphatic carbocycles. The van der Waals surface area contributed by atoms with Crippen LogP contribution >= 0.6 is 23.1 Å². The molecule has 1 aromatic rings. The van der Waals surface area contributed by atoms with Gasteiger partial charge in [-0.1, -0.05) is 6.07 Å². The van der Waals surface area contributed by atoms with Gasteiger partial charge in [0.2, 0.25) is 12.7 Å². The van der Waals surface area contributed by atoms with Gasteiger partial charge in [-0.2, -0.15) is 0 Å². The number of nitrogens with zero attached hydrogens (tertiary/aromatic N) is 1. The van der Waals surface area contributed by atoms with Crippen LogP contribution in [0.25, 0.3) is 0 Å². The Morgan fingerprint density at radius 2 is 2.21 bits per heavy atom. The van der Waals surface area contributed by atoms with Crippen LogP contribution in [0, 0.1) is 0 Å². The smallest absolute Gasteiger partial charge is 0.356 e. The van der Waals surface area contributed by atoms with Crippen molar-refractivity contribution in [2.24, 2.45) is 5.73 Å². The fraction of sp³-hybridized carbons (Fsp3) is 0.375. The van der Waals surface area contributed by atoms with E-state index in [2.05, 4.69) is 10.1 Å². The van der Waals surface area contributed by atoms with Crippen molar-refractivity contribution >= 4 is 46.9 Å². The molecule has 4 N–H and O–H groups in total. The number of nitrogens with one attached hydrogen (secondary N) is 1. The molecule has 0 radical (unpaired) electrons. The van der Waals surface area contributed by atoms with Crippen LogP contribution in [0.4, 0.5) is 0 Å². The van der Waals surface area contributed by atoms with E-state index in [1.165, 1.54) is 30.0 Å². The predicted molar refractivity (Wildman–Crippen MR) is 98.6 cm³/mol. The van der Waals surface area contributed by atoms with Gasteiger partial charge >= 0.3 is 11.9 Å². The van der Waals surface area contributed by atoms with E-state index in [1.807, 2.05) is 0 Å². The highest BCUT2D eigenvalue weighted by Gasteiger charge is 2.55. The first-order valence-corrected chi connectivity index (χ1v) is 10.0. The molecule has 3 atom stereocenters. The van der Waals surface area contributed by atoms with Crippen LogP contribution in [0.1, 0.15) is 17.8 Å². The number of hydrogen-bond donors (Lipinski definition) is 3. The van der Waals surface area contributed by atoms with Crippen molar-refractivity contribution in [3.63, 3.8) is 0 Å². The third-order valence-electron chi connectivity index (χ3n) is 4.06. The lowest BCUT2D eigenvalue weighted by atomic mass is 10.0. The van der Waals surface area contributed by atoms with Crippen molar-refractivity contribution in [1.82, 2.24) is 10.2 Å². The molecule has 1 aromatic heterocycles. The number of aliphatic carboxylic acids is 1. The minimum atomic E-state index is -1.35. The number of thiophene rings is 1. The third-order valence-corrected chi connectivity index (χ3v) is 6.27. The number of fused-ring (bicyclic) bond motifs is 1. The molecule has 28 heavy (non-hydrogen) atoms. The van der Waals surface area contributed by atoms with Crippen molar-refractivity contribution in [1.29, 1.82) is 0 Å². The second-order valence-corrected chi connectivity index (χ2v) is 7.95. The van der Waals surface area contributed by atoms with E-state index in [1.54, 1.807) is 17.5 Å². The summed E-state index contributed by atoms with van der Waals surface area (Å²) in [5.74, 6) is -2.86. The first-order chi connectivity index (χ1) is 13.3. The first-order valence-electron chi connectivity index (χ1n) is 8.08. The number of esters is 1. The van der Waals surface area contributed by atoms with Gasteiger partial charge in [0.25, 0.3) is 5.91 Å². The van der Waals surface area contributed by atoms with Crippen LogP contribution in [0.3, 0.4) is 0 Å². The lowest BCUT2D eigenvalue weighted by Gasteiger charge is -2.49. The molecule has 2 aliphatic heterocycles. The van der Waals surface area contributed by atoms with Crippen molar-refractivity contribution in [3.8, 4) is 0 Å². The molecule has 3 rings (SSSR count). The van der Waals surface area contributed by atoms with E-state index >= 15 is 0 Å². The summed E-state index contributed by atoms with van der Waals surface area (Å²) in [5, 5.41) is 13.3. The molecule has 1 fully saturated rings. The van der Waals surface area contributed by atoms with E-state index in [-0.39, 0.29) is 17.2 Å². The Morgan fingerprint density at radius 3 is 2.82 bits per heavy atom. The second-order valence-electron chi connectivity index (χ2n) is 5.86. The minimum absolute atomic E-state index is 0.0170. The van der Waals surface area contributed by atoms with Gasteiger partial charge in [0, 0.05) is 11.8 Å². The van der Waals surface area contributed by atoms with E-state index in [0.717, 1.165) is 4.90 Å². The summed E-state index contributed by atoms with van der Waals surface area (Å²) in [7, 11) is 0. The highest BCUT2D eigenvalue weighted by atomic mass is 32.2. The zero-order chi connectivity index (χ0) is 20.4. The SMILES string of the molecule is CC(=O)OCOC1=C(C(=O)O)N2C(=O)[C@H](NC(=O)C(N)c3cccs3)C2SC1. The van der Waals surface area contributed by atoms with Crippen LogP contribution in [-0.4, -0.2) is 57.7 Å². The van der Waals surface area contributed by atoms with Gasteiger partial charge in [-0.05, 0) is 11.4 Å². The van der Waals surface area contributed by atoms with Gasteiger partial charge in [-0.15, -0.1) is 23.1 Å². The number of carboxylic acids is 1. The van der Waals surface area contributed by atoms with Gasteiger partial charge in [-0.25, -0.2) is 4.79 Å². The molecule has 12 heteroatoms. The van der Waals surface area contributed by atoms with E-state index in [4.69, 9.17) is 10.5 Å². The molecular weight excluding hydrogens is 410 g/mol. The van der Waals surface area contributed by atoms with Gasteiger partial charge < -0.3 is 25.6 Å². The summed E-state index contributed by atoms with van der Waals surface area (Å²) >= 11 is 2.56. The van der Waals surface area contributed by atoms with Gasteiger partial charge in [0.15, 0.2) is 5.70 Å². The highest BCUT2D eigenvalue weighted by Crippen LogP contribution is 2.40. The normalized spacial score (nSPS) is 22.1. The highest BCUT2D eigenvalue weighted by molar-refractivity contribution is 8.00. The Kier molecular flexibility index (Phi) is 5.91. The van der Waals surface area contributed by atoms with Crippen LogP contribution < -0.4 is 11.1 Å². The summed E-state index contributed by atoms with van der Waals surface area (Å²) in [4.78, 5) is 49.0. The fourth-order valence-corrected chi connectivity index (χ4v) is 4.73. The maximum Gasteiger partial charge on any atom is 0.356 e. The van der Waals surface area contributed by atoms with Crippen LogP contribution in [0.2, 0.25) is 0 Å². The zero-order valence-corrected chi connectivity index (χ0v) is 16.2. The lowest BCUT2D eigenvalue weighted by Crippen LogP contribution is -2.71. The summed E-state index contributed by atoms with van der Waals surface area (Å²) in [6, 6.07) is 1.69. The van der Waals surface area contributed by atoms with E-state index in [9.17, 15) is 24.3 Å². The number of β-lactam (4-membered cyclic amide) rings is 1. The molecule has 2 aliphatic rings. The van der Waals surface area contributed by atoms with Gasteiger partial charge in [0.05, 0.1) is 5.75 Å². The number of thioether (sulfide) groups is 1. The number of amides is 2. The topological polar surface area (TPSA) is 148 Å². The Bertz CT molecular complexity index is 839. The number of hydrogen-bond acceptors (Lipinski definition) is 9. The number of rotatable bonds is 7. The third kappa shape index (κ3) is 3.84. The minimum Gasteiger partial charge on any atom is -0.476 e. The molecule has 10 nitrogen and oxygen atoms in total. The molecule has 2 amide bonds. The number of carbonyl (C=O) groups is 4. The van der Waals surface area contributed by atoms with Crippen molar-refractivity contribution in [2.75, 3.05) is 12.5 Å². The Hall–Kier alpha value is -2.57. The standard InChI is InChI=1S/C16H17N3O7S2/c1-7(20)25-6-26-8-5-28-15-11(14(22)19(15)12(8)16(23)24)18-13(21)10(17)9-3-2-4-27-9/h2-4,10-11,15H,5-6,17H2,1H3,(H,18,21)(H,23,24)/t10?,11-,15?/m0/s1. The van der Waals surface area contributed by atoms with Gasteiger partial charge in [-0.3, -0.25) is 19.3 Å². The van der Waals surface area contributed by atoms with Crippen molar-refractivity contribution in [3.05, 3.63) is 33.8 Å². The summed E-state index contributed by atoms with van der Waals surface area (Å²) in [6.45, 7) is 0.735. The molecule has 2 unspecified atom stereocenters. The maximum absolute atomic E-state index is 12.5. The predicted octanol–water partition coefficient (Wildman–Crippen LogP) is -0.0188.